The van der Waals surface area contributed by atoms with Crippen molar-refractivity contribution in [3.05, 3.63) is 14.7 Å². The van der Waals surface area contributed by atoms with Crippen LogP contribution in [-0.2, 0) is 10.0 Å². The van der Waals surface area contributed by atoms with Crippen LogP contribution in [0.2, 0.25) is 0 Å². The van der Waals surface area contributed by atoms with Crippen LogP contribution >= 0.6 is 27.3 Å². The van der Waals surface area contributed by atoms with E-state index in [-0.39, 0.29) is 21.9 Å². The zero-order chi connectivity index (χ0) is 15.2. The monoisotopic (exact) mass is 394 g/mol. The van der Waals surface area contributed by atoms with E-state index < -0.39 is 16.0 Å². The van der Waals surface area contributed by atoms with E-state index in [1.165, 1.54) is 6.07 Å². The van der Waals surface area contributed by atoms with Crippen LogP contribution < -0.4 is 4.72 Å². The van der Waals surface area contributed by atoms with Crippen molar-refractivity contribution in [3.63, 3.8) is 0 Å². The van der Waals surface area contributed by atoms with Gasteiger partial charge >= 0.3 is 5.97 Å². The van der Waals surface area contributed by atoms with E-state index >= 15 is 0 Å². The number of fused-ring (bicyclic) bond motifs is 1. The number of hydrogen-bond acceptors (Lipinski definition) is 5. The molecule has 3 heterocycles. The van der Waals surface area contributed by atoms with Gasteiger partial charge in [-0.05, 0) is 47.8 Å². The first-order valence-corrected chi connectivity index (χ1v) is 9.77. The summed E-state index contributed by atoms with van der Waals surface area (Å²) in [6.45, 7) is 1.96. The maximum atomic E-state index is 12.5. The van der Waals surface area contributed by atoms with E-state index in [0.717, 1.165) is 43.7 Å². The summed E-state index contributed by atoms with van der Waals surface area (Å²) in [4.78, 5) is 13.3. The maximum absolute atomic E-state index is 12.5. The third-order valence-electron chi connectivity index (χ3n) is 4.07. The molecule has 2 saturated heterocycles. The molecular formula is C12H15BrN2O4S2. The minimum atomic E-state index is -3.70. The molecule has 0 radical (unpaired) electrons. The van der Waals surface area contributed by atoms with Crippen molar-refractivity contribution in [3.8, 4) is 0 Å². The third-order valence-corrected chi connectivity index (χ3v) is 7.80. The molecule has 0 spiro atoms. The smallest absolute Gasteiger partial charge is 0.345 e. The predicted octanol–water partition coefficient (Wildman–Crippen LogP) is 1.72. The molecule has 0 amide bonds. The standard InChI is InChI=1S/C12H15BrN2O4S2/c13-11-10(6-9(20-11)12(16)17)21(18,19)14-7-3-5-15-4-1-2-8(7)15/h6-8,14H,1-5H2,(H,16,17). The topological polar surface area (TPSA) is 86.7 Å². The number of hydrogen-bond donors (Lipinski definition) is 2. The lowest BCUT2D eigenvalue weighted by atomic mass is 10.1. The Morgan fingerprint density at radius 3 is 2.86 bits per heavy atom. The number of halogens is 1. The van der Waals surface area contributed by atoms with E-state index in [1.54, 1.807) is 0 Å². The molecule has 6 nitrogen and oxygen atoms in total. The summed E-state index contributed by atoms with van der Waals surface area (Å²) in [6.07, 6.45) is 2.92. The minimum absolute atomic E-state index is 0.0103. The van der Waals surface area contributed by atoms with Crippen LogP contribution in [0.4, 0.5) is 0 Å². The van der Waals surface area contributed by atoms with Gasteiger partial charge in [0.2, 0.25) is 10.0 Å². The molecule has 1 aromatic rings. The van der Waals surface area contributed by atoms with Gasteiger partial charge < -0.3 is 5.11 Å². The van der Waals surface area contributed by atoms with Crippen LogP contribution in [0.15, 0.2) is 14.7 Å². The highest BCUT2D eigenvalue weighted by Crippen LogP contribution is 2.33. The summed E-state index contributed by atoms with van der Waals surface area (Å²) in [5.41, 5.74) is 0. The van der Waals surface area contributed by atoms with Crippen molar-refractivity contribution in [1.82, 2.24) is 9.62 Å². The molecule has 116 valence electrons. The zero-order valence-corrected chi connectivity index (χ0v) is 14.3. The Bertz CT molecular complexity index is 673. The van der Waals surface area contributed by atoms with Gasteiger partial charge in [0.15, 0.2) is 0 Å². The molecule has 0 saturated carbocycles. The number of nitrogens with one attached hydrogen (secondary N) is 1. The summed E-state index contributed by atoms with van der Waals surface area (Å²) in [6, 6.07) is 1.40. The molecule has 2 aliphatic heterocycles. The highest BCUT2D eigenvalue weighted by molar-refractivity contribution is 9.11. The third kappa shape index (κ3) is 2.89. The Morgan fingerprint density at radius 2 is 2.19 bits per heavy atom. The summed E-state index contributed by atoms with van der Waals surface area (Å²) in [7, 11) is -3.70. The summed E-state index contributed by atoms with van der Waals surface area (Å²) in [5, 5.41) is 8.96. The quantitative estimate of drug-likeness (QED) is 0.811. The molecule has 0 bridgehead atoms. The van der Waals surface area contributed by atoms with Gasteiger partial charge in [-0.2, -0.15) is 0 Å². The zero-order valence-electron chi connectivity index (χ0n) is 11.1. The lowest BCUT2D eigenvalue weighted by Crippen LogP contribution is -2.42. The van der Waals surface area contributed by atoms with Crippen LogP contribution in [0.5, 0.6) is 0 Å². The second-order valence-corrected chi connectivity index (χ2v) is 9.37. The Balaban J connectivity index is 1.82. The highest BCUT2D eigenvalue weighted by Gasteiger charge is 2.39. The van der Waals surface area contributed by atoms with E-state index in [1.807, 2.05) is 0 Å². The first-order valence-electron chi connectivity index (χ1n) is 6.67. The fraction of sp³-hybridized carbons (Fsp3) is 0.583. The molecular weight excluding hydrogens is 380 g/mol. The average Bonchev–Trinajstić information content (AvgIpc) is 3.06. The largest absolute Gasteiger partial charge is 0.477 e. The van der Waals surface area contributed by atoms with E-state index in [9.17, 15) is 13.2 Å². The molecule has 9 heteroatoms. The first-order chi connectivity index (χ1) is 9.88. The number of carboxylic acids is 1. The lowest BCUT2D eigenvalue weighted by Gasteiger charge is -2.21. The van der Waals surface area contributed by atoms with Crippen molar-refractivity contribution < 1.29 is 18.3 Å². The van der Waals surface area contributed by atoms with Crippen LogP contribution in [0.3, 0.4) is 0 Å². The fourth-order valence-electron chi connectivity index (χ4n) is 3.12. The van der Waals surface area contributed by atoms with Crippen molar-refractivity contribution in [2.24, 2.45) is 0 Å². The number of carboxylic acid groups (broad SMARTS) is 1. The molecule has 2 aliphatic rings. The molecule has 2 fully saturated rings. The van der Waals surface area contributed by atoms with Gasteiger partial charge in [-0.1, -0.05) is 0 Å². The fourth-order valence-corrected chi connectivity index (χ4v) is 6.83. The lowest BCUT2D eigenvalue weighted by molar-refractivity contribution is 0.0702. The SMILES string of the molecule is O=C(O)c1cc(S(=O)(=O)NC2CCN3CCCC23)c(Br)s1. The van der Waals surface area contributed by atoms with Crippen LogP contribution in [0, 0.1) is 0 Å². The van der Waals surface area contributed by atoms with Crippen LogP contribution in [0.1, 0.15) is 28.9 Å². The van der Waals surface area contributed by atoms with Gasteiger partial charge in [0.05, 0.1) is 3.79 Å². The molecule has 21 heavy (non-hydrogen) atoms. The Labute approximate surface area is 135 Å². The first kappa shape index (κ1) is 15.4. The number of sulfonamides is 1. The van der Waals surface area contributed by atoms with E-state index in [2.05, 4.69) is 25.6 Å². The molecule has 0 aromatic carbocycles. The summed E-state index contributed by atoms with van der Waals surface area (Å²) < 4.78 is 28.1. The number of carbonyl (C=O) groups is 1. The normalized spacial score (nSPS) is 26.1. The molecule has 2 atom stereocenters. The number of thiophene rings is 1. The number of nitrogens with zero attached hydrogens (tertiary/aromatic N) is 1. The van der Waals surface area contributed by atoms with Crippen LogP contribution in [-0.4, -0.2) is 49.6 Å². The van der Waals surface area contributed by atoms with Crippen molar-refractivity contribution in [1.29, 1.82) is 0 Å². The van der Waals surface area contributed by atoms with Gasteiger partial charge in [0.1, 0.15) is 9.77 Å². The van der Waals surface area contributed by atoms with Gasteiger partial charge in [-0.15, -0.1) is 11.3 Å². The van der Waals surface area contributed by atoms with Gasteiger partial charge in [-0.25, -0.2) is 17.9 Å². The maximum Gasteiger partial charge on any atom is 0.345 e. The molecule has 2 N–H and O–H groups in total. The van der Waals surface area contributed by atoms with Gasteiger partial charge in [-0.3, -0.25) is 4.90 Å². The Hall–Kier alpha value is -0.480. The van der Waals surface area contributed by atoms with E-state index in [0.29, 0.717) is 3.79 Å². The van der Waals surface area contributed by atoms with Crippen LogP contribution in [0.25, 0.3) is 0 Å². The second kappa shape index (κ2) is 5.62. The minimum Gasteiger partial charge on any atom is -0.477 e. The number of aromatic carboxylic acids is 1. The van der Waals surface area contributed by atoms with E-state index in [4.69, 9.17) is 5.11 Å². The Morgan fingerprint density at radius 1 is 1.43 bits per heavy atom. The summed E-state index contributed by atoms with van der Waals surface area (Å²) >= 11 is 4.07. The number of rotatable bonds is 4. The van der Waals surface area contributed by atoms with Gasteiger partial charge in [0.25, 0.3) is 0 Å². The molecule has 1 aromatic heterocycles. The second-order valence-electron chi connectivity index (χ2n) is 5.32. The van der Waals surface area contributed by atoms with Crippen molar-refractivity contribution in [2.45, 2.75) is 36.2 Å². The van der Waals surface area contributed by atoms with Crippen molar-refractivity contribution >= 4 is 43.3 Å². The van der Waals surface area contributed by atoms with Gasteiger partial charge in [0, 0.05) is 18.6 Å². The summed E-state index contributed by atoms with van der Waals surface area (Å²) in [5.74, 6) is -1.12. The molecule has 2 unspecified atom stereocenters. The molecule has 3 rings (SSSR count). The Kier molecular flexibility index (Phi) is 4.12. The predicted molar refractivity (Wildman–Crippen MR) is 82.3 cm³/mol. The molecule has 0 aliphatic carbocycles. The highest BCUT2D eigenvalue weighted by atomic mass is 79.9. The average molecular weight is 395 g/mol. The van der Waals surface area contributed by atoms with Crippen molar-refractivity contribution in [2.75, 3.05) is 13.1 Å².